The van der Waals surface area contributed by atoms with Gasteiger partial charge in [-0.05, 0) is 32.4 Å². The minimum absolute atomic E-state index is 0.128. The average molecular weight is 275 g/mol. The molecule has 2 aliphatic heterocycles. The number of ether oxygens (including phenoxy) is 1. The Morgan fingerprint density at radius 2 is 2.20 bits per heavy atom. The fourth-order valence-corrected chi connectivity index (χ4v) is 3.61. The molecule has 1 fully saturated rings. The number of hydrogen-bond acceptors (Lipinski definition) is 3. The van der Waals surface area contributed by atoms with Gasteiger partial charge < -0.3 is 9.84 Å². The van der Waals surface area contributed by atoms with Gasteiger partial charge in [0.25, 0.3) is 0 Å². The third kappa shape index (κ3) is 1.90. The van der Waals surface area contributed by atoms with E-state index < -0.39 is 11.5 Å². The van der Waals surface area contributed by atoms with Gasteiger partial charge in [-0.2, -0.15) is 0 Å². The lowest BCUT2D eigenvalue weighted by atomic mass is 9.87. The Bertz CT molecular complexity index is 530. The van der Waals surface area contributed by atoms with Crippen LogP contribution in [0.15, 0.2) is 24.3 Å². The van der Waals surface area contributed by atoms with E-state index in [0.29, 0.717) is 18.9 Å². The summed E-state index contributed by atoms with van der Waals surface area (Å²) >= 11 is 0. The molecule has 2 heterocycles. The van der Waals surface area contributed by atoms with E-state index in [1.54, 1.807) is 0 Å². The van der Waals surface area contributed by atoms with Crippen molar-refractivity contribution in [2.45, 2.75) is 38.3 Å². The van der Waals surface area contributed by atoms with E-state index in [9.17, 15) is 9.90 Å². The number of hydrogen-bond donors (Lipinski definition) is 1. The SMILES string of the molecule is CC1COc2ccccc2C1N1CCCC1(C)C(=O)O. The van der Waals surface area contributed by atoms with Crippen molar-refractivity contribution in [3.05, 3.63) is 29.8 Å². The Morgan fingerprint density at radius 1 is 1.45 bits per heavy atom. The zero-order chi connectivity index (χ0) is 14.3. The summed E-state index contributed by atoms with van der Waals surface area (Å²) in [6.07, 6.45) is 1.66. The zero-order valence-electron chi connectivity index (χ0n) is 12.0. The van der Waals surface area contributed by atoms with Crippen LogP contribution in [-0.4, -0.2) is 34.7 Å². The van der Waals surface area contributed by atoms with Gasteiger partial charge in [-0.3, -0.25) is 9.69 Å². The molecule has 4 nitrogen and oxygen atoms in total. The van der Waals surface area contributed by atoms with Crippen molar-refractivity contribution in [2.75, 3.05) is 13.2 Å². The van der Waals surface area contributed by atoms with Gasteiger partial charge in [-0.1, -0.05) is 25.1 Å². The summed E-state index contributed by atoms with van der Waals surface area (Å²) in [7, 11) is 0. The topological polar surface area (TPSA) is 49.8 Å². The molecule has 3 rings (SSSR count). The lowest BCUT2D eigenvalue weighted by Crippen LogP contribution is -2.52. The number of carboxylic acids is 1. The Hall–Kier alpha value is -1.55. The summed E-state index contributed by atoms with van der Waals surface area (Å²) in [6.45, 7) is 5.48. The fourth-order valence-electron chi connectivity index (χ4n) is 3.61. The predicted molar refractivity (Wildman–Crippen MR) is 75.8 cm³/mol. The summed E-state index contributed by atoms with van der Waals surface area (Å²) in [5, 5.41) is 9.63. The molecule has 1 N–H and O–H groups in total. The molecule has 1 saturated heterocycles. The standard InChI is InChI=1S/C16H21NO3/c1-11-10-20-13-7-4-3-6-12(13)14(11)17-9-5-8-16(17,2)15(18)19/h3-4,6-7,11,14H,5,8-10H2,1-2H3,(H,18,19). The lowest BCUT2D eigenvalue weighted by Gasteiger charge is -2.43. The van der Waals surface area contributed by atoms with Crippen LogP contribution in [0, 0.1) is 5.92 Å². The maximum absolute atomic E-state index is 11.7. The first kappa shape index (κ1) is 13.4. The van der Waals surface area contributed by atoms with E-state index in [0.717, 1.165) is 24.3 Å². The van der Waals surface area contributed by atoms with Gasteiger partial charge in [0.15, 0.2) is 0 Å². The molecular weight excluding hydrogens is 254 g/mol. The second-order valence-corrected chi connectivity index (χ2v) is 6.15. The summed E-state index contributed by atoms with van der Waals surface area (Å²) in [4.78, 5) is 13.9. The van der Waals surface area contributed by atoms with Crippen LogP contribution in [-0.2, 0) is 4.79 Å². The number of para-hydroxylation sites is 1. The maximum atomic E-state index is 11.7. The number of carbonyl (C=O) groups is 1. The molecule has 2 aliphatic rings. The summed E-state index contributed by atoms with van der Waals surface area (Å²) in [6, 6.07) is 8.13. The van der Waals surface area contributed by atoms with E-state index in [-0.39, 0.29) is 6.04 Å². The second-order valence-electron chi connectivity index (χ2n) is 6.15. The van der Waals surface area contributed by atoms with E-state index >= 15 is 0 Å². The Kier molecular flexibility index (Phi) is 3.21. The minimum atomic E-state index is -0.761. The molecule has 4 heteroatoms. The van der Waals surface area contributed by atoms with Crippen LogP contribution in [0.2, 0.25) is 0 Å². The van der Waals surface area contributed by atoms with Crippen LogP contribution < -0.4 is 4.74 Å². The van der Waals surface area contributed by atoms with Crippen LogP contribution in [0.5, 0.6) is 5.75 Å². The van der Waals surface area contributed by atoms with Crippen molar-refractivity contribution in [1.82, 2.24) is 4.90 Å². The van der Waals surface area contributed by atoms with Crippen LogP contribution in [0.1, 0.15) is 38.3 Å². The zero-order valence-corrected chi connectivity index (χ0v) is 12.0. The molecule has 0 amide bonds. The third-order valence-electron chi connectivity index (χ3n) is 4.77. The molecular formula is C16H21NO3. The van der Waals surface area contributed by atoms with Gasteiger partial charge in [-0.15, -0.1) is 0 Å². The number of likely N-dealkylation sites (tertiary alicyclic amines) is 1. The van der Waals surface area contributed by atoms with Gasteiger partial charge in [0, 0.05) is 17.5 Å². The smallest absolute Gasteiger partial charge is 0.323 e. The average Bonchev–Trinajstić information content (AvgIpc) is 2.82. The van der Waals surface area contributed by atoms with E-state index in [2.05, 4.69) is 17.9 Å². The normalized spacial score (nSPS) is 33.5. The number of aliphatic carboxylic acids is 1. The van der Waals surface area contributed by atoms with Crippen molar-refractivity contribution < 1.29 is 14.6 Å². The van der Waals surface area contributed by atoms with Gasteiger partial charge in [0.1, 0.15) is 11.3 Å². The highest BCUT2D eigenvalue weighted by Crippen LogP contribution is 2.45. The van der Waals surface area contributed by atoms with Gasteiger partial charge >= 0.3 is 5.97 Å². The predicted octanol–water partition coefficient (Wildman–Crippen LogP) is 2.70. The van der Waals surface area contributed by atoms with Crippen LogP contribution in [0.25, 0.3) is 0 Å². The molecule has 0 radical (unpaired) electrons. The molecule has 3 unspecified atom stereocenters. The monoisotopic (exact) mass is 275 g/mol. The first-order valence-electron chi connectivity index (χ1n) is 7.26. The fraction of sp³-hybridized carbons (Fsp3) is 0.562. The van der Waals surface area contributed by atoms with Crippen molar-refractivity contribution in [3.8, 4) is 5.75 Å². The van der Waals surface area contributed by atoms with Crippen molar-refractivity contribution >= 4 is 5.97 Å². The molecule has 20 heavy (non-hydrogen) atoms. The van der Waals surface area contributed by atoms with Crippen molar-refractivity contribution in [2.24, 2.45) is 5.92 Å². The van der Waals surface area contributed by atoms with Crippen LogP contribution in [0.4, 0.5) is 0 Å². The van der Waals surface area contributed by atoms with Crippen LogP contribution >= 0.6 is 0 Å². The molecule has 0 aliphatic carbocycles. The van der Waals surface area contributed by atoms with Crippen molar-refractivity contribution in [1.29, 1.82) is 0 Å². The number of rotatable bonds is 2. The molecule has 108 valence electrons. The van der Waals surface area contributed by atoms with Gasteiger partial charge in [0.2, 0.25) is 0 Å². The first-order valence-corrected chi connectivity index (χ1v) is 7.26. The third-order valence-corrected chi connectivity index (χ3v) is 4.77. The van der Waals surface area contributed by atoms with E-state index in [1.165, 1.54) is 0 Å². The van der Waals surface area contributed by atoms with E-state index in [4.69, 9.17) is 4.74 Å². The Balaban J connectivity index is 2.03. The maximum Gasteiger partial charge on any atom is 0.323 e. The second kappa shape index (κ2) is 4.77. The summed E-state index contributed by atoms with van der Waals surface area (Å²) in [5.41, 5.74) is 0.365. The molecule has 0 spiro atoms. The Labute approximate surface area is 119 Å². The lowest BCUT2D eigenvalue weighted by molar-refractivity contribution is -0.151. The number of benzene rings is 1. The summed E-state index contributed by atoms with van der Waals surface area (Å²) in [5.74, 6) is 0.475. The highest BCUT2D eigenvalue weighted by Gasteiger charge is 2.49. The molecule has 0 bridgehead atoms. The van der Waals surface area contributed by atoms with Crippen molar-refractivity contribution in [3.63, 3.8) is 0 Å². The van der Waals surface area contributed by atoms with E-state index in [1.807, 2.05) is 25.1 Å². The largest absolute Gasteiger partial charge is 0.493 e. The molecule has 0 saturated carbocycles. The van der Waals surface area contributed by atoms with Gasteiger partial charge in [0.05, 0.1) is 6.61 Å². The highest BCUT2D eigenvalue weighted by atomic mass is 16.5. The highest BCUT2D eigenvalue weighted by molar-refractivity contribution is 5.78. The molecule has 3 atom stereocenters. The molecule has 1 aromatic rings. The molecule has 1 aromatic carbocycles. The number of carboxylic acid groups (broad SMARTS) is 1. The van der Waals surface area contributed by atoms with Gasteiger partial charge in [-0.25, -0.2) is 0 Å². The minimum Gasteiger partial charge on any atom is -0.493 e. The summed E-state index contributed by atoms with van der Waals surface area (Å²) < 4.78 is 5.78. The van der Waals surface area contributed by atoms with Crippen LogP contribution in [0.3, 0.4) is 0 Å². The number of fused-ring (bicyclic) bond motifs is 1. The quantitative estimate of drug-likeness (QED) is 0.901. The molecule has 0 aromatic heterocycles. The Morgan fingerprint density at radius 3 is 2.95 bits per heavy atom. The first-order chi connectivity index (χ1) is 9.54. The number of nitrogens with zero attached hydrogens (tertiary/aromatic N) is 1.